The Bertz CT molecular complexity index is 796. The summed E-state index contributed by atoms with van der Waals surface area (Å²) in [6, 6.07) is 15.7. The number of carbonyl (C=O) groups is 2. The molecule has 2 N–H and O–H groups in total. The van der Waals surface area contributed by atoms with Gasteiger partial charge in [-0.05, 0) is 37.3 Å². The van der Waals surface area contributed by atoms with Crippen LogP contribution in [0.2, 0.25) is 0 Å². The molecule has 2 aromatic rings. The first kappa shape index (κ1) is 18.0. The van der Waals surface area contributed by atoms with E-state index in [0.29, 0.717) is 17.0 Å². The second-order valence-electron chi connectivity index (χ2n) is 5.11. The van der Waals surface area contributed by atoms with Crippen LogP contribution >= 0.6 is 0 Å². The minimum atomic E-state index is -0.421. The molecule has 0 spiro atoms. The van der Waals surface area contributed by atoms with Gasteiger partial charge in [0.1, 0.15) is 11.4 Å². The van der Waals surface area contributed by atoms with Crippen LogP contribution in [-0.2, 0) is 4.79 Å². The largest absolute Gasteiger partial charge is 0.497 e. The average molecular weight is 336 g/mol. The summed E-state index contributed by atoms with van der Waals surface area (Å²) in [6.07, 6.45) is 5.01. The predicted molar refractivity (Wildman–Crippen MR) is 98.4 cm³/mol. The monoisotopic (exact) mass is 336 g/mol. The Morgan fingerprint density at radius 1 is 1.04 bits per heavy atom. The number of benzene rings is 2. The normalized spacial score (nSPS) is 11.2. The Morgan fingerprint density at radius 3 is 2.48 bits per heavy atom. The Morgan fingerprint density at radius 2 is 1.80 bits per heavy atom. The van der Waals surface area contributed by atoms with Crippen molar-refractivity contribution in [2.45, 2.75) is 6.92 Å². The van der Waals surface area contributed by atoms with Crippen LogP contribution in [0, 0.1) is 0 Å². The van der Waals surface area contributed by atoms with Crippen molar-refractivity contribution in [2.24, 2.45) is 0 Å². The number of anilines is 1. The van der Waals surface area contributed by atoms with E-state index in [2.05, 4.69) is 10.6 Å². The van der Waals surface area contributed by atoms with Crippen LogP contribution in [-0.4, -0.2) is 18.9 Å². The molecule has 25 heavy (non-hydrogen) atoms. The number of nitrogens with one attached hydrogen (secondary N) is 2. The van der Waals surface area contributed by atoms with Crippen molar-refractivity contribution >= 4 is 17.5 Å². The van der Waals surface area contributed by atoms with E-state index in [1.165, 1.54) is 0 Å². The van der Waals surface area contributed by atoms with Crippen LogP contribution < -0.4 is 15.4 Å². The molecule has 128 valence electrons. The maximum atomic E-state index is 12.5. The van der Waals surface area contributed by atoms with E-state index in [9.17, 15) is 9.59 Å². The van der Waals surface area contributed by atoms with Gasteiger partial charge in [0.25, 0.3) is 11.8 Å². The number of methoxy groups -OCH3 is 1. The molecule has 0 aliphatic carbocycles. The smallest absolute Gasteiger partial charge is 0.272 e. The number of rotatable bonds is 6. The fourth-order valence-corrected chi connectivity index (χ4v) is 2.05. The third-order valence-corrected chi connectivity index (χ3v) is 3.31. The zero-order valence-corrected chi connectivity index (χ0v) is 14.2. The Hall–Kier alpha value is -3.34. The summed E-state index contributed by atoms with van der Waals surface area (Å²) < 4.78 is 5.14. The highest BCUT2D eigenvalue weighted by atomic mass is 16.5. The molecule has 0 aliphatic rings. The molecule has 0 aromatic heterocycles. The number of hydrogen-bond acceptors (Lipinski definition) is 3. The molecule has 2 aromatic carbocycles. The molecule has 0 saturated heterocycles. The zero-order chi connectivity index (χ0) is 18.1. The van der Waals surface area contributed by atoms with Gasteiger partial charge in [0.2, 0.25) is 0 Å². The lowest BCUT2D eigenvalue weighted by molar-refractivity contribution is -0.113. The van der Waals surface area contributed by atoms with Gasteiger partial charge in [-0.3, -0.25) is 9.59 Å². The summed E-state index contributed by atoms with van der Waals surface area (Å²) in [7, 11) is 1.55. The maximum Gasteiger partial charge on any atom is 0.272 e. The van der Waals surface area contributed by atoms with E-state index < -0.39 is 5.91 Å². The number of allylic oxidation sites excluding steroid dienone is 3. The van der Waals surface area contributed by atoms with Crippen LogP contribution in [0.5, 0.6) is 5.75 Å². The molecule has 2 rings (SSSR count). The topological polar surface area (TPSA) is 67.4 Å². The minimum Gasteiger partial charge on any atom is -0.497 e. The summed E-state index contributed by atoms with van der Waals surface area (Å²) in [6.45, 7) is 1.83. The van der Waals surface area contributed by atoms with Gasteiger partial charge in [-0.25, -0.2) is 0 Å². The van der Waals surface area contributed by atoms with Gasteiger partial charge in [-0.1, -0.05) is 36.4 Å². The van der Waals surface area contributed by atoms with E-state index >= 15 is 0 Å². The summed E-state index contributed by atoms with van der Waals surface area (Å²) in [4.78, 5) is 24.8. The van der Waals surface area contributed by atoms with Gasteiger partial charge in [0.05, 0.1) is 7.11 Å². The molecule has 0 fully saturated rings. The van der Waals surface area contributed by atoms with Gasteiger partial charge in [-0.2, -0.15) is 0 Å². The van der Waals surface area contributed by atoms with E-state index in [-0.39, 0.29) is 11.6 Å². The van der Waals surface area contributed by atoms with E-state index in [1.807, 2.05) is 13.0 Å². The Balaban J connectivity index is 2.16. The van der Waals surface area contributed by atoms with Gasteiger partial charge < -0.3 is 15.4 Å². The van der Waals surface area contributed by atoms with Crippen LogP contribution in [0.4, 0.5) is 5.69 Å². The molecular formula is C20H20N2O3. The van der Waals surface area contributed by atoms with Crippen LogP contribution in [0.3, 0.4) is 0 Å². The molecule has 0 heterocycles. The van der Waals surface area contributed by atoms with Gasteiger partial charge in [0.15, 0.2) is 0 Å². The molecule has 0 saturated carbocycles. The van der Waals surface area contributed by atoms with E-state index in [4.69, 9.17) is 4.74 Å². The number of amides is 2. The fraction of sp³-hybridized carbons (Fsp3) is 0.100. The highest BCUT2D eigenvalue weighted by Gasteiger charge is 2.14. The van der Waals surface area contributed by atoms with Gasteiger partial charge >= 0.3 is 0 Å². The summed E-state index contributed by atoms with van der Waals surface area (Å²) in [5, 5.41) is 5.39. The highest BCUT2D eigenvalue weighted by Crippen LogP contribution is 2.17. The first-order chi connectivity index (χ1) is 12.1. The van der Waals surface area contributed by atoms with Crippen LogP contribution in [0.15, 0.2) is 78.5 Å². The molecule has 0 bridgehead atoms. The molecule has 0 aliphatic heterocycles. The third kappa shape index (κ3) is 5.35. The number of hydrogen-bond donors (Lipinski definition) is 2. The summed E-state index contributed by atoms with van der Waals surface area (Å²) in [5.41, 5.74) is 1.20. The lowest BCUT2D eigenvalue weighted by Gasteiger charge is -2.11. The average Bonchev–Trinajstić information content (AvgIpc) is 2.65. The van der Waals surface area contributed by atoms with Crippen molar-refractivity contribution in [2.75, 3.05) is 12.4 Å². The van der Waals surface area contributed by atoms with Gasteiger partial charge in [-0.15, -0.1) is 0 Å². The molecule has 0 radical (unpaired) electrons. The fourth-order valence-electron chi connectivity index (χ4n) is 2.05. The predicted octanol–water partition coefficient (Wildman–Crippen LogP) is 3.52. The SMILES string of the molecule is C/C=C\C=C(/NC(=O)c1ccccc1)C(=O)Nc1cccc(OC)c1. The molecule has 2 amide bonds. The molecule has 5 nitrogen and oxygen atoms in total. The first-order valence-corrected chi connectivity index (χ1v) is 7.79. The first-order valence-electron chi connectivity index (χ1n) is 7.79. The lowest BCUT2D eigenvalue weighted by atomic mass is 10.2. The molecule has 0 unspecified atom stereocenters. The third-order valence-electron chi connectivity index (χ3n) is 3.31. The van der Waals surface area contributed by atoms with Crippen LogP contribution in [0.1, 0.15) is 17.3 Å². The van der Waals surface area contributed by atoms with Crippen molar-refractivity contribution < 1.29 is 14.3 Å². The number of ether oxygens (including phenoxy) is 1. The standard InChI is InChI=1S/C20H20N2O3/c1-3-4-13-18(22-19(23)15-9-6-5-7-10-15)20(24)21-16-11-8-12-17(14-16)25-2/h3-14H,1-2H3,(H,21,24)(H,22,23)/b4-3-,18-13-. The lowest BCUT2D eigenvalue weighted by Crippen LogP contribution is -2.30. The molecule has 0 atom stereocenters. The van der Waals surface area contributed by atoms with Crippen LogP contribution in [0.25, 0.3) is 0 Å². The van der Waals surface area contributed by atoms with Crippen molar-refractivity contribution in [1.82, 2.24) is 5.32 Å². The van der Waals surface area contributed by atoms with Crippen molar-refractivity contribution in [3.63, 3.8) is 0 Å². The number of carbonyl (C=O) groups excluding carboxylic acids is 2. The quantitative estimate of drug-likeness (QED) is 0.626. The second-order valence-corrected chi connectivity index (χ2v) is 5.11. The minimum absolute atomic E-state index is 0.148. The van der Waals surface area contributed by atoms with Crippen molar-refractivity contribution in [3.8, 4) is 5.75 Å². The van der Waals surface area contributed by atoms with E-state index in [0.717, 1.165) is 0 Å². The molecular weight excluding hydrogens is 316 g/mol. The zero-order valence-electron chi connectivity index (χ0n) is 14.2. The Labute approximate surface area is 147 Å². The van der Waals surface area contributed by atoms with Gasteiger partial charge in [0, 0.05) is 17.3 Å². The molecule has 5 heteroatoms. The van der Waals surface area contributed by atoms with Crippen molar-refractivity contribution in [1.29, 1.82) is 0 Å². The second kappa shape index (κ2) is 9.08. The maximum absolute atomic E-state index is 12.5. The van der Waals surface area contributed by atoms with E-state index in [1.54, 1.807) is 73.9 Å². The summed E-state index contributed by atoms with van der Waals surface area (Å²) in [5.74, 6) is -0.141. The van der Waals surface area contributed by atoms with Crippen molar-refractivity contribution in [3.05, 3.63) is 84.1 Å². The highest BCUT2D eigenvalue weighted by molar-refractivity contribution is 6.08. The summed E-state index contributed by atoms with van der Waals surface area (Å²) >= 11 is 0. The Kier molecular flexibility index (Phi) is 6.54.